The van der Waals surface area contributed by atoms with E-state index in [2.05, 4.69) is 4.98 Å². The first-order chi connectivity index (χ1) is 13.1. The Morgan fingerprint density at radius 1 is 1.15 bits per heavy atom. The van der Waals surface area contributed by atoms with Gasteiger partial charge in [0.05, 0.1) is 12.3 Å². The van der Waals surface area contributed by atoms with Gasteiger partial charge in [0, 0.05) is 23.6 Å². The number of H-pyrrole nitrogens is 1. The van der Waals surface area contributed by atoms with E-state index in [0.29, 0.717) is 13.0 Å². The average molecular weight is 362 g/mol. The van der Waals surface area contributed by atoms with Crippen LogP contribution in [-0.4, -0.2) is 28.7 Å². The summed E-state index contributed by atoms with van der Waals surface area (Å²) in [5, 5.41) is 0.957. The van der Waals surface area contributed by atoms with Crippen LogP contribution >= 0.6 is 0 Å². The van der Waals surface area contributed by atoms with Crippen LogP contribution in [0, 0.1) is 0 Å². The molecule has 0 saturated carbocycles. The Balaban J connectivity index is 1.73. The van der Waals surface area contributed by atoms with Crippen LogP contribution in [0.1, 0.15) is 36.1 Å². The fraction of sp³-hybridized carbons (Fsp3) is 0.273. The molecule has 0 bridgehead atoms. The average Bonchev–Trinajstić information content (AvgIpc) is 3.00. The Morgan fingerprint density at radius 3 is 2.67 bits per heavy atom. The number of carbonyl (C=O) groups excluding carboxylic acids is 2. The van der Waals surface area contributed by atoms with Gasteiger partial charge in [-0.2, -0.15) is 0 Å². The number of likely N-dealkylation sites (N-methyl/N-ethyl adjacent to an activating group) is 1. The van der Waals surface area contributed by atoms with Gasteiger partial charge in [0.2, 0.25) is 11.8 Å². The summed E-state index contributed by atoms with van der Waals surface area (Å²) in [5.41, 5.74) is 3.79. The van der Waals surface area contributed by atoms with E-state index in [1.54, 1.807) is 7.05 Å². The predicted octanol–water partition coefficient (Wildman–Crippen LogP) is 3.78. The monoisotopic (exact) mass is 362 g/mol. The van der Waals surface area contributed by atoms with Crippen LogP contribution in [0.2, 0.25) is 0 Å². The Bertz CT molecular complexity index is 1010. The molecule has 138 valence electrons. The van der Waals surface area contributed by atoms with Crippen molar-refractivity contribution in [1.82, 2.24) is 9.88 Å². The lowest BCUT2D eigenvalue weighted by Gasteiger charge is -2.18. The lowest BCUT2D eigenvalue weighted by Crippen LogP contribution is -2.35. The molecule has 0 radical (unpaired) electrons. The highest BCUT2D eigenvalue weighted by molar-refractivity contribution is 6.04. The Morgan fingerprint density at radius 2 is 1.93 bits per heavy atom. The number of imide groups is 1. The normalized spacial score (nSPS) is 17.1. The molecule has 1 aliphatic rings. The van der Waals surface area contributed by atoms with Gasteiger partial charge in [0.15, 0.2) is 0 Å². The summed E-state index contributed by atoms with van der Waals surface area (Å²) in [5.74, 6) is 0.107. The van der Waals surface area contributed by atoms with E-state index in [1.807, 2.05) is 55.5 Å². The Labute approximate surface area is 157 Å². The maximum Gasteiger partial charge on any atom is 0.236 e. The largest absolute Gasteiger partial charge is 0.489 e. The van der Waals surface area contributed by atoms with E-state index in [9.17, 15) is 9.59 Å². The van der Waals surface area contributed by atoms with Gasteiger partial charge >= 0.3 is 0 Å². The van der Waals surface area contributed by atoms with Crippen molar-refractivity contribution in [1.29, 1.82) is 0 Å². The molecule has 5 nitrogen and oxygen atoms in total. The molecule has 2 aromatic carbocycles. The second-order valence-electron chi connectivity index (χ2n) is 6.93. The zero-order chi connectivity index (χ0) is 19.0. The summed E-state index contributed by atoms with van der Waals surface area (Å²) in [6, 6.07) is 15.8. The summed E-state index contributed by atoms with van der Waals surface area (Å²) in [4.78, 5) is 29.7. The van der Waals surface area contributed by atoms with Crippen molar-refractivity contribution in [2.75, 3.05) is 7.05 Å². The van der Waals surface area contributed by atoms with Crippen molar-refractivity contribution in [3.05, 3.63) is 65.4 Å². The Kier molecular flexibility index (Phi) is 4.44. The zero-order valence-electron chi connectivity index (χ0n) is 15.5. The Hall–Kier alpha value is -3.08. The molecule has 3 aromatic rings. The maximum atomic E-state index is 12.7. The molecular formula is C22H22N2O3. The van der Waals surface area contributed by atoms with Crippen molar-refractivity contribution < 1.29 is 14.3 Å². The molecule has 5 heteroatoms. The molecule has 0 fully saturated rings. The number of nitrogens with one attached hydrogen (secondary N) is 1. The van der Waals surface area contributed by atoms with Crippen LogP contribution in [0.4, 0.5) is 0 Å². The third-order valence-corrected chi connectivity index (χ3v) is 5.23. The first-order valence-electron chi connectivity index (χ1n) is 9.20. The minimum Gasteiger partial charge on any atom is -0.489 e. The van der Waals surface area contributed by atoms with Gasteiger partial charge in [-0.3, -0.25) is 14.5 Å². The highest BCUT2D eigenvalue weighted by Gasteiger charge is 2.34. The van der Waals surface area contributed by atoms with Gasteiger partial charge in [-0.15, -0.1) is 0 Å². The minimum atomic E-state index is -0.324. The molecule has 1 aromatic heterocycles. The lowest BCUT2D eigenvalue weighted by atomic mass is 9.92. The van der Waals surface area contributed by atoms with Crippen molar-refractivity contribution in [2.45, 2.75) is 32.3 Å². The summed E-state index contributed by atoms with van der Waals surface area (Å²) in [6.07, 6.45) is 0.856. The minimum absolute atomic E-state index is 0.141. The number of amides is 2. The summed E-state index contributed by atoms with van der Waals surface area (Å²) in [7, 11) is 1.57. The summed E-state index contributed by atoms with van der Waals surface area (Å²) >= 11 is 0. The second-order valence-corrected chi connectivity index (χ2v) is 6.93. The number of aromatic nitrogens is 1. The van der Waals surface area contributed by atoms with Crippen molar-refractivity contribution in [3.8, 4) is 5.75 Å². The summed E-state index contributed by atoms with van der Waals surface area (Å²) < 4.78 is 5.95. The molecule has 2 heterocycles. The first kappa shape index (κ1) is 17.3. The molecule has 0 spiro atoms. The van der Waals surface area contributed by atoms with Crippen molar-refractivity contribution in [2.24, 2.45) is 0 Å². The van der Waals surface area contributed by atoms with Gasteiger partial charge < -0.3 is 9.72 Å². The highest BCUT2D eigenvalue weighted by atomic mass is 16.5. The van der Waals surface area contributed by atoms with Gasteiger partial charge in [0.25, 0.3) is 0 Å². The molecule has 1 atom stereocenters. The first-order valence-corrected chi connectivity index (χ1v) is 9.20. The van der Waals surface area contributed by atoms with E-state index in [0.717, 1.165) is 33.5 Å². The molecule has 27 heavy (non-hydrogen) atoms. The number of rotatable bonds is 4. The molecule has 0 aliphatic carbocycles. The van der Waals surface area contributed by atoms with Crippen molar-refractivity contribution >= 4 is 22.7 Å². The van der Waals surface area contributed by atoms with Crippen LogP contribution < -0.4 is 4.74 Å². The lowest BCUT2D eigenvalue weighted by molar-refractivity contribution is -0.143. The molecule has 1 aliphatic heterocycles. The number of benzene rings is 2. The fourth-order valence-corrected chi connectivity index (χ4v) is 3.74. The van der Waals surface area contributed by atoms with E-state index in [1.165, 1.54) is 4.90 Å². The smallest absolute Gasteiger partial charge is 0.236 e. The topological polar surface area (TPSA) is 62.4 Å². The van der Waals surface area contributed by atoms with Gasteiger partial charge in [-0.1, -0.05) is 37.3 Å². The number of ether oxygens (including phenoxy) is 1. The molecule has 2 amide bonds. The van der Waals surface area contributed by atoms with E-state index >= 15 is 0 Å². The zero-order valence-corrected chi connectivity index (χ0v) is 15.5. The second kappa shape index (κ2) is 6.91. The third kappa shape index (κ3) is 3.10. The van der Waals surface area contributed by atoms with Gasteiger partial charge in [-0.05, 0) is 35.7 Å². The molecule has 4 rings (SSSR count). The SMILES string of the molecule is CCC1C(=O)N(C)C(=O)Cc2[nH]c3ccc(OCc4ccccc4)cc3c21. The number of fused-ring (bicyclic) bond motifs is 3. The molecule has 1 unspecified atom stereocenters. The number of carbonyl (C=O) groups is 2. The van der Waals surface area contributed by atoms with Gasteiger partial charge in [0.1, 0.15) is 12.4 Å². The van der Waals surface area contributed by atoms with Crippen LogP contribution in [0.15, 0.2) is 48.5 Å². The van der Waals surface area contributed by atoms with Crippen LogP contribution in [0.25, 0.3) is 10.9 Å². The van der Waals surface area contributed by atoms with Crippen molar-refractivity contribution in [3.63, 3.8) is 0 Å². The highest BCUT2D eigenvalue weighted by Crippen LogP contribution is 2.36. The number of aromatic amines is 1. The van der Waals surface area contributed by atoms with Crippen LogP contribution in [0.3, 0.4) is 0 Å². The quantitative estimate of drug-likeness (QED) is 0.719. The molecule has 1 N–H and O–H groups in total. The van der Waals surface area contributed by atoms with Gasteiger partial charge in [-0.25, -0.2) is 0 Å². The number of nitrogens with zero attached hydrogens (tertiary/aromatic N) is 1. The number of hydrogen-bond acceptors (Lipinski definition) is 3. The maximum absolute atomic E-state index is 12.7. The fourth-order valence-electron chi connectivity index (χ4n) is 3.74. The van der Waals surface area contributed by atoms with Crippen LogP contribution in [-0.2, 0) is 22.6 Å². The standard InChI is InChI=1S/C22H22N2O3/c1-3-16-21-17-11-15(27-13-14-7-5-4-6-8-14)9-10-18(17)23-19(21)12-20(25)24(2)22(16)26/h4-11,16,23H,3,12-13H2,1-2H3. The molecular weight excluding hydrogens is 340 g/mol. The number of hydrogen-bond donors (Lipinski definition) is 1. The summed E-state index contributed by atoms with van der Waals surface area (Å²) in [6.45, 7) is 2.46. The van der Waals surface area contributed by atoms with E-state index in [-0.39, 0.29) is 24.2 Å². The van der Waals surface area contributed by atoms with E-state index < -0.39 is 0 Å². The third-order valence-electron chi connectivity index (χ3n) is 5.23. The van der Waals surface area contributed by atoms with Crippen LogP contribution in [0.5, 0.6) is 5.75 Å². The predicted molar refractivity (Wildman–Crippen MR) is 104 cm³/mol. The van der Waals surface area contributed by atoms with E-state index in [4.69, 9.17) is 4.74 Å². The molecule has 0 saturated heterocycles.